The van der Waals surface area contributed by atoms with Crippen molar-refractivity contribution in [2.75, 3.05) is 18.8 Å². The SMILES string of the molecule is CCS(=O)(=O)N1CCC(NC(=O)Cc2nc(-c3cccs3)oc2C)CC1. The zero-order valence-corrected chi connectivity index (χ0v) is 16.5. The van der Waals surface area contributed by atoms with E-state index >= 15 is 0 Å². The summed E-state index contributed by atoms with van der Waals surface area (Å²) in [5, 5.41) is 4.94. The fourth-order valence-electron chi connectivity index (χ4n) is 2.99. The molecule has 1 aliphatic rings. The van der Waals surface area contributed by atoms with Gasteiger partial charge in [-0.3, -0.25) is 4.79 Å². The van der Waals surface area contributed by atoms with Gasteiger partial charge in [0.15, 0.2) is 0 Å². The van der Waals surface area contributed by atoms with Crippen molar-refractivity contribution >= 4 is 27.3 Å². The van der Waals surface area contributed by atoms with Gasteiger partial charge in [-0.2, -0.15) is 0 Å². The molecule has 0 atom stereocenters. The summed E-state index contributed by atoms with van der Waals surface area (Å²) in [5.41, 5.74) is 0.636. The van der Waals surface area contributed by atoms with Gasteiger partial charge >= 0.3 is 0 Å². The molecule has 0 spiro atoms. The minimum absolute atomic E-state index is 0.00483. The summed E-state index contributed by atoms with van der Waals surface area (Å²) in [6, 6.07) is 3.85. The number of oxazole rings is 1. The Bertz CT molecular complexity index is 851. The standard InChI is InChI=1S/C17H23N3O4S2/c1-3-26(22,23)20-8-6-13(7-9-20)18-16(21)11-14-12(2)24-17(19-14)15-5-4-10-25-15/h4-5,10,13H,3,6-9,11H2,1-2H3,(H,18,21). The monoisotopic (exact) mass is 397 g/mol. The number of piperidine rings is 1. The maximum atomic E-state index is 12.3. The summed E-state index contributed by atoms with van der Waals surface area (Å²) in [4.78, 5) is 17.7. The van der Waals surface area contributed by atoms with Crippen LogP contribution in [0.2, 0.25) is 0 Å². The zero-order valence-electron chi connectivity index (χ0n) is 14.9. The first-order chi connectivity index (χ1) is 12.4. The van der Waals surface area contributed by atoms with Gasteiger partial charge < -0.3 is 9.73 Å². The molecule has 0 bridgehead atoms. The van der Waals surface area contributed by atoms with Crippen molar-refractivity contribution in [2.24, 2.45) is 0 Å². The number of nitrogens with one attached hydrogen (secondary N) is 1. The Hall–Kier alpha value is -1.71. The highest BCUT2D eigenvalue weighted by atomic mass is 32.2. The molecule has 3 rings (SSSR count). The topological polar surface area (TPSA) is 92.5 Å². The lowest BCUT2D eigenvalue weighted by atomic mass is 10.1. The molecule has 0 radical (unpaired) electrons. The lowest BCUT2D eigenvalue weighted by molar-refractivity contribution is -0.121. The number of thiophene rings is 1. The molecular weight excluding hydrogens is 374 g/mol. The molecule has 1 fully saturated rings. The number of rotatable bonds is 6. The number of carbonyl (C=O) groups is 1. The number of aromatic nitrogens is 1. The number of hydrogen-bond acceptors (Lipinski definition) is 6. The first kappa shape index (κ1) is 19.1. The zero-order chi connectivity index (χ0) is 18.7. The average molecular weight is 398 g/mol. The van der Waals surface area contributed by atoms with Gasteiger partial charge in [0.1, 0.15) is 5.76 Å². The molecule has 142 valence electrons. The summed E-state index contributed by atoms with van der Waals surface area (Å²) in [6.45, 7) is 4.36. The minimum Gasteiger partial charge on any atom is -0.440 e. The fraction of sp³-hybridized carbons (Fsp3) is 0.529. The molecular formula is C17H23N3O4S2. The highest BCUT2D eigenvalue weighted by Gasteiger charge is 2.27. The summed E-state index contributed by atoms with van der Waals surface area (Å²) < 4.78 is 30.9. The normalized spacial score (nSPS) is 16.7. The van der Waals surface area contributed by atoms with E-state index in [-0.39, 0.29) is 24.1 Å². The highest BCUT2D eigenvalue weighted by Crippen LogP contribution is 2.26. The third-order valence-electron chi connectivity index (χ3n) is 4.53. The summed E-state index contributed by atoms with van der Waals surface area (Å²) in [7, 11) is -3.15. The largest absolute Gasteiger partial charge is 0.440 e. The van der Waals surface area contributed by atoms with Gasteiger partial charge in [-0.25, -0.2) is 17.7 Å². The number of aryl methyl sites for hydroxylation is 1. The molecule has 1 saturated heterocycles. The molecule has 9 heteroatoms. The molecule has 0 unspecified atom stereocenters. The Kier molecular flexibility index (Phi) is 5.79. The molecule has 1 amide bonds. The van der Waals surface area contributed by atoms with Crippen molar-refractivity contribution in [1.82, 2.24) is 14.6 Å². The second kappa shape index (κ2) is 7.89. The van der Waals surface area contributed by atoms with E-state index in [4.69, 9.17) is 4.42 Å². The van der Waals surface area contributed by atoms with E-state index < -0.39 is 10.0 Å². The Morgan fingerprint density at radius 1 is 1.42 bits per heavy atom. The Morgan fingerprint density at radius 2 is 2.15 bits per heavy atom. The predicted molar refractivity (Wildman–Crippen MR) is 100 cm³/mol. The van der Waals surface area contributed by atoms with Crippen molar-refractivity contribution in [1.29, 1.82) is 0 Å². The van der Waals surface area contributed by atoms with E-state index in [2.05, 4.69) is 10.3 Å². The van der Waals surface area contributed by atoms with E-state index in [0.717, 1.165) is 4.88 Å². The van der Waals surface area contributed by atoms with Gasteiger partial charge in [0.05, 0.1) is 22.7 Å². The first-order valence-electron chi connectivity index (χ1n) is 8.66. The maximum Gasteiger partial charge on any atom is 0.236 e. The number of amides is 1. The van der Waals surface area contributed by atoms with Crippen LogP contribution in [0.25, 0.3) is 10.8 Å². The second-order valence-corrected chi connectivity index (χ2v) is 9.52. The lowest BCUT2D eigenvalue weighted by Gasteiger charge is -2.31. The van der Waals surface area contributed by atoms with E-state index in [1.807, 2.05) is 17.5 Å². The van der Waals surface area contributed by atoms with Crippen LogP contribution in [0.4, 0.5) is 0 Å². The van der Waals surface area contributed by atoms with Crippen molar-refractivity contribution < 1.29 is 17.6 Å². The molecule has 0 saturated carbocycles. The maximum absolute atomic E-state index is 12.3. The highest BCUT2D eigenvalue weighted by molar-refractivity contribution is 7.89. The third kappa shape index (κ3) is 4.33. The van der Waals surface area contributed by atoms with Crippen LogP contribution in [0.5, 0.6) is 0 Å². The van der Waals surface area contributed by atoms with Gasteiger partial charge in [-0.1, -0.05) is 6.07 Å². The summed E-state index contributed by atoms with van der Waals surface area (Å²) in [6.07, 6.45) is 1.42. The molecule has 2 aromatic rings. The molecule has 26 heavy (non-hydrogen) atoms. The minimum atomic E-state index is -3.15. The van der Waals surface area contributed by atoms with Crippen LogP contribution < -0.4 is 5.32 Å². The van der Waals surface area contributed by atoms with Gasteiger partial charge in [0, 0.05) is 19.1 Å². The van der Waals surface area contributed by atoms with E-state index in [1.165, 1.54) is 15.6 Å². The van der Waals surface area contributed by atoms with Crippen LogP contribution in [0.15, 0.2) is 21.9 Å². The van der Waals surface area contributed by atoms with Crippen molar-refractivity contribution in [2.45, 2.75) is 39.2 Å². The average Bonchev–Trinajstić information content (AvgIpc) is 3.26. The number of carbonyl (C=O) groups excluding carboxylic acids is 1. The molecule has 0 aliphatic carbocycles. The quantitative estimate of drug-likeness (QED) is 0.807. The van der Waals surface area contributed by atoms with E-state index in [9.17, 15) is 13.2 Å². The van der Waals surface area contributed by atoms with Crippen LogP contribution in [0.1, 0.15) is 31.2 Å². The number of hydrogen-bond donors (Lipinski definition) is 1. The smallest absolute Gasteiger partial charge is 0.236 e. The lowest BCUT2D eigenvalue weighted by Crippen LogP contribution is -2.47. The van der Waals surface area contributed by atoms with Gasteiger partial charge in [0.2, 0.25) is 21.8 Å². The Labute approximate surface area is 157 Å². The molecule has 3 heterocycles. The van der Waals surface area contributed by atoms with Crippen LogP contribution in [0.3, 0.4) is 0 Å². The van der Waals surface area contributed by atoms with Crippen molar-refractivity contribution in [3.8, 4) is 10.8 Å². The van der Waals surface area contributed by atoms with E-state index in [0.29, 0.717) is 43.3 Å². The second-order valence-electron chi connectivity index (χ2n) is 6.32. The Morgan fingerprint density at radius 3 is 2.77 bits per heavy atom. The van der Waals surface area contributed by atoms with Crippen molar-refractivity contribution in [3.63, 3.8) is 0 Å². The molecule has 7 nitrogen and oxygen atoms in total. The Balaban J connectivity index is 1.54. The molecule has 0 aromatic carbocycles. The summed E-state index contributed by atoms with van der Waals surface area (Å²) in [5.74, 6) is 1.18. The molecule has 2 aromatic heterocycles. The molecule has 1 N–H and O–H groups in total. The van der Waals surface area contributed by atoms with Crippen LogP contribution in [-0.4, -0.2) is 48.5 Å². The fourth-order valence-corrected chi connectivity index (χ4v) is 4.77. The van der Waals surface area contributed by atoms with Crippen LogP contribution >= 0.6 is 11.3 Å². The van der Waals surface area contributed by atoms with Crippen LogP contribution in [0, 0.1) is 6.92 Å². The van der Waals surface area contributed by atoms with E-state index in [1.54, 1.807) is 13.8 Å². The summed E-state index contributed by atoms with van der Waals surface area (Å²) >= 11 is 1.54. The number of sulfonamides is 1. The van der Waals surface area contributed by atoms with Gasteiger partial charge in [-0.05, 0) is 38.1 Å². The predicted octanol–water partition coefficient (Wildman–Crippen LogP) is 2.18. The number of nitrogens with zero attached hydrogens (tertiary/aromatic N) is 2. The third-order valence-corrected chi connectivity index (χ3v) is 7.27. The van der Waals surface area contributed by atoms with Crippen molar-refractivity contribution in [3.05, 3.63) is 29.0 Å². The molecule has 1 aliphatic heterocycles. The van der Waals surface area contributed by atoms with Crippen LogP contribution in [-0.2, 0) is 21.2 Å². The van der Waals surface area contributed by atoms with Gasteiger partial charge in [0.25, 0.3) is 0 Å². The first-order valence-corrected chi connectivity index (χ1v) is 11.1. The van der Waals surface area contributed by atoms with Gasteiger partial charge in [-0.15, -0.1) is 11.3 Å².